The molecule has 1 heterocycles. The van der Waals surface area contributed by atoms with Gasteiger partial charge in [-0.3, -0.25) is 19.7 Å². The van der Waals surface area contributed by atoms with E-state index in [1.807, 2.05) is 11.9 Å². The Morgan fingerprint density at radius 3 is 2.02 bits per heavy atom. The highest BCUT2D eigenvalue weighted by Crippen LogP contribution is 2.55. The molecule has 0 bridgehead atoms. The molecule has 244 valence electrons. The average Bonchev–Trinajstić information content (AvgIpc) is 2.93. The third kappa shape index (κ3) is 5.94. The fourth-order valence-corrected chi connectivity index (χ4v) is 6.96. The van der Waals surface area contributed by atoms with Crippen LogP contribution in [0.1, 0.15) is 76.0 Å². The van der Waals surface area contributed by atoms with E-state index in [9.17, 15) is 32.9 Å². The van der Waals surface area contributed by atoms with Crippen LogP contribution in [0.5, 0.6) is 17.2 Å². The summed E-state index contributed by atoms with van der Waals surface area (Å²) in [6.45, 7) is 12.0. The Morgan fingerprint density at radius 2 is 1.54 bits per heavy atom. The number of ether oxygens (including phenoxy) is 2. The van der Waals surface area contributed by atoms with Crippen molar-refractivity contribution in [3.05, 3.63) is 92.3 Å². The maximum absolute atomic E-state index is 13.9. The van der Waals surface area contributed by atoms with Gasteiger partial charge in [0.2, 0.25) is 5.75 Å². The highest BCUT2D eigenvalue weighted by atomic mass is 19.4. The second-order valence-electron chi connectivity index (χ2n) is 13.8. The average molecular weight is 639 g/mol. The van der Waals surface area contributed by atoms with Gasteiger partial charge in [0.05, 0.1) is 17.6 Å². The fourth-order valence-electron chi connectivity index (χ4n) is 6.96. The lowest BCUT2D eigenvalue weighted by molar-refractivity contribution is -0.385. The summed E-state index contributed by atoms with van der Waals surface area (Å²) in [4.78, 5) is 40.7. The Labute approximate surface area is 265 Å². The second kappa shape index (κ2) is 11.4. The van der Waals surface area contributed by atoms with E-state index in [0.717, 1.165) is 17.5 Å². The maximum Gasteiger partial charge on any atom is 0.416 e. The van der Waals surface area contributed by atoms with E-state index in [1.165, 1.54) is 7.11 Å². The molecule has 2 aliphatic carbocycles. The van der Waals surface area contributed by atoms with Crippen LogP contribution in [0.2, 0.25) is 0 Å². The lowest BCUT2D eigenvalue weighted by atomic mass is 9.63. The van der Waals surface area contributed by atoms with E-state index in [0.29, 0.717) is 60.1 Å². The quantitative estimate of drug-likeness (QED) is 0.170. The van der Waals surface area contributed by atoms with Crippen LogP contribution in [-0.2, 0) is 22.2 Å². The number of hydrogen-bond acceptors (Lipinski definition) is 7. The first-order valence-electron chi connectivity index (χ1n) is 15.0. The zero-order valence-electron chi connectivity index (χ0n) is 26.8. The summed E-state index contributed by atoms with van der Waals surface area (Å²) in [6.07, 6.45) is -1.10. The van der Waals surface area contributed by atoms with Crippen LogP contribution in [0.15, 0.2) is 65.5 Å². The number of hydrogen-bond donors (Lipinski definition) is 0. The van der Waals surface area contributed by atoms with Crippen molar-refractivity contribution in [3.8, 4) is 17.2 Å². The van der Waals surface area contributed by atoms with Crippen molar-refractivity contribution < 1.29 is 37.2 Å². The van der Waals surface area contributed by atoms with E-state index < -0.39 is 34.0 Å². The van der Waals surface area contributed by atoms with Crippen molar-refractivity contribution in [2.75, 3.05) is 14.2 Å². The number of nitrogens with zero attached hydrogens (tertiary/aromatic N) is 2. The highest BCUT2D eigenvalue weighted by molar-refractivity contribution is 6.06. The van der Waals surface area contributed by atoms with E-state index in [2.05, 4.69) is 34.3 Å². The van der Waals surface area contributed by atoms with Crippen LogP contribution in [0.4, 0.5) is 18.9 Å². The molecule has 0 aromatic heterocycles. The minimum absolute atomic E-state index is 0.0442. The minimum Gasteiger partial charge on any atom is -0.493 e. The second-order valence-corrected chi connectivity index (χ2v) is 13.8. The molecule has 0 fully saturated rings. The number of nitro benzene ring substituents is 1. The predicted molar refractivity (Wildman–Crippen MR) is 166 cm³/mol. The summed E-state index contributed by atoms with van der Waals surface area (Å²) < 4.78 is 51.7. The zero-order chi connectivity index (χ0) is 33.9. The van der Waals surface area contributed by atoms with Gasteiger partial charge < -0.3 is 14.4 Å². The molecule has 11 heteroatoms. The summed E-state index contributed by atoms with van der Waals surface area (Å²) >= 11 is 0. The van der Waals surface area contributed by atoms with Crippen LogP contribution in [0.3, 0.4) is 0 Å². The first-order valence-corrected chi connectivity index (χ1v) is 15.0. The summed E-state index contributed by atoms with van der Waals surface area (Å²) in [5.41, 5.74) is 1.35. The van der Waals surface area contributed by atoms with Crippen molar-refractivity contribution in [1.29, 1.82) is 0 Å². The molecule has 0 saturated heterocycles. The summed E-state index contributed by atoms with van der Waals surface area (Å²) in [5.74, 6) is -0.982. The SMILES string of the molecule is C=CCc1cc(C2C3=C(CC(C)(C)CC3=O)N(C)C3=C2C(=O)CC(C)(C)C3)cc(OC)c1Oc1ccc(C(F)(F)F)cc1[N+](=O)[O-]. The number of benzene rings is 2. The van der Waals surface area contributed by atoms with Crippen LogP contribution < -0.4 is 9.47 Å². The van der Waals surface area contributed by atoms with Gasteiger partial charge in [-0.15, -0.1) is 6.58 Å². The van der Waals surface area contributed by atoms with Gasteiger partial charge in [-0.2, -0.15) is 13.2 Å². The van der Waals surface area contributed by atoms with Gasteiger partial charge in [-0.1, -0.05) is 39.8 Å². The molecule has 0 atom stereocenters. The number of allylic oxidation sites excluding steroid dienone is 5. The molecule has 0 amide bonds. The number of nitro groups is 1. The zero-order valence-corrected chi connectivity index (χ0v) is 26.8. The van der Waals surface area contributed by atoms with Gasteiger partial charge in [0.15, 0.2) is 23.1 Å². The third-order valence-electron chi connectivity index (χ3n) is 8.95. The molecular formula is C35H37F3N2O6. The molecule has 0 radical (unpaired) electrons. The Morgan fingerprint density at radius 1 is 0.978 bits per heavy atom. The molecule has 0 unspecified atom stereocenters. The first-order chi connectivity index (χ1) is 21.4. The topological polar surface area (TPSA) is 99.0 Å². The van der Waals surface area contributed by atoms with Crippen molar-refractivity contribution >= 4 is 17.3 Å². The molecule has 3 aliphatic rings. The van der Waals surface area contributed by atoms with Crippen molar-refractivity contribution in [2.45, 2.75) is 71.9 Å². The van der Waals surface area contributed by atoms with E-state index in [4.69, 9.17) is 9.47 Å². The third-order valence-corrected chi connectivity index (χ3v) is 8.95. The smallest absolute Gasteiger partial charge is 0.416 e. The highest BCUT2D eigenvalue weighted by Gasteiger charge is 2.48. The van der Waals surface area contributed by atoms with Crippen LogP contribution in [0.25, 0.3) is 0 Å². The van der Waals surface area contributed by atoms with Crippen LogP contribution in [0, 0.1) is 20.9 Å². The molecule has 0 N–H and O–H groups in total. The fraction of sp³-hybridized carbons (Fsp3) is 0.429. The molecule has 0 saturated carbocycles. The number of methoxy groups -OCH3 is 1. The molecule has 5 rings (SSSR count). The van der Waals surface area contributed by atoms with Crippen LogP contribution in [-0.4, -0.2) is 35.5 Å². The van der Waals surface area contributed by atoms with E-state index >= 15 is 0 Å². The largest absolute Gasteiger partial charge is 0.493 e. The molecule has 2 aromatic rings. The number of alkyl halides is 3. The van der Waals surface area contributed by atoms with E-state index in [-0.39, 0.29) is 40.3 Å². The molecule has 46 heavy (non-hydrogen) atoms. The molecular weight excluding hydrogens is 601 g/mol. The monoisotopic (exact) mass is 638 g/mol. The van der Waals surface area contributed by atoms with Gasteiger partial charge in [0, 0.05) is 60.0 Å². The van der Waals surface area contributed by atoms with Gasteiger partial charge in [0.1, 0.15) is 0 Å². The number of Topliss-reactive ketones (excluding diaryl/α,β-unsaturated/α-hetero) is 2. The van der Waals surface area contributed by atoms with Crippen LogP contribution >= 0.6 is 0 Å². The summed E-state index contributed by atoms with van der Waals surface area (Å²) in [5, 5.41) is 11.8. The number of carbonyl (C=O) groups excluding carboxylic acids is 2. The Bertz CT molecular complexity index is 1680. The van der Waals surface area contributed by atoms with Crippen molar-refractivity contribution in [3.63, 3.8) is 0 Å². The van der Waals surface area contributed by atoms with Gasteiger partial charge >= 0.3 is 11.9 Å². The van der Waals surface area contributed by atoms with Gasteiger partial charge in [-0.05, 0) is 53.9 Å². The standard InChI is InChI=1S/C35H37F3N2O6/c1-8-9-19-12-20(13-28(45-7)32(19)46-27-11-10-21(35(36,37)38)14-22(27)40(43)44)29-30-23(15-33(2,3)17-25(30)41)39(6)24-16-34(4,5)18-26(42)31(24)29/h8,10-14,29H,1,9,15-18H2,2-7H3. The Kier molecular flexibility index (Phi) is 8.20. The predicted octanol–water partition coefficient (Wildman–Crippen LogP) is 8.46. The Balaban J connectivity index is 1.72. The van der Waals surface area contributed by atoms with Gasteiger partial charge in [0.25, 0.3) is 0 Å². The summed E-state index contributed by atoms with van der Waals surface area (Å²) in [7, 11) is 3.29. The molecule has 8 nitrogen and oxygen atoms in total. The molecule has 2 aromatic carbocycles. The van der Waals surface area contributed by atoms with Gasteiger partial charge in [-0.25, -0.2) is 0 Å². The lowest BCUT2D eigenvalue weighted by Crippen LogP contribution is -2.43. The molecule has 1 aliphatic heterocycles. The van der Waals surface area contributed by atoms with Crippen molar-refractivity contribution in [1.82, 2.24) is 4.90 Å². The maximum atomic E-state index is 13.9. The minimum atomic E-state index is -4.79. The Hall–Kier alpha value is -4.41. The number of carbonyl (C=O) groups is 2. The normalized spacial score (nSPS) is 19.5. The van der Waals surface area contributed by atoms with E-state index in [1.54, 1.807) is 18.2 Å². The number of halogens is 3. The summed E-state index contributed by atoms with van der Waals surface area (Å²) in [6, 6.07) is 5.45. The molecule has 0 spiro atoms. The number of rotatable bonds is 7. The lowest BCUT2D eigenvalue weighted by Gasteiger charge is -2.48. The first kappa shape index (κ1) is 33.0. The van der Waals surface area contributed by atoms with Crippen molar-refractivity contribution in [2.24, 2.45) is 10.8 Å². The number of ketones is 2.